The molecule has 1 fully saturated rings. The van der Waals surface area contributed by atoms with Crippen LogP contribution in [0, 0.1) is 12.8 Å². The Kier molecular flexibility index (Phi) is 4.39. The van der Waals surface area contributed by atoms with Gasteiger partial charge in [-0.25, -0.2) is 9.97 Å². The molecule has 1 aliphatic rings. The SMILES string of the molecule is Cc1ccnc([C@H](NC(=O)c2cnc(-c3ccncc3)nc2)C2CC2)c1. The van der Waals surface area contributed by atoms with E-state index in [-0.39, 0.29) is 11.9 Å². The van der Waals surface area contributed by atoms with Gasteiger partial charge in [-0.1, -0.05) is 0 Å². The van der Waals surface area contributed by atoms with Crippen LogP contribution >= 0.6 is 0 Å². The zero-order valence-electron chi connectivity index (χ0n) is 14.5. The van der Waals surface area contributed by atoms with Crippen molar-refractivity contribution in [3.8, 4) is 11.4 Å². The number of nitrogens with zero attached hydrogens (tertiary/aromatic N) is 4. The van der Waals surface area contributed by atoms with E-state index in [1.165, 1.54) is 0 Å². The Morgan fingerprint density at radius 1 is 1.08 bits per heavy atom. The molecule has 3 heterocycles. The van der Waals surface area contributed by atoms with Crippen LogP contribution in [0.2, 0.25) is 0 Å². The molecule has 1 N–H and O–H groups in total. The van der Waals surface area contributed by atoms with Crippen LogP contribution in [-0.4, -0.2) is 25.8 Å². The first-order valence-electron chi connectivity index (χ1n) is 8.66. The van der Waals surface area contributed by atoms with Crippen molar-refractivity contribution in [2.24, 2.45) is 5.92 Å². The summed E-state index contributed by atoms with van der Waals surface area (Å²) in [5, 5.41) is 3.11. The van der Waals surface area contributed by atoms with Gasteiger partial charge in [0, 0.05) is 36.5 Å². The molecule has 0 aliphatic heterocycles. The molecule has 0 saturated heterocycles. The van der Waals surface area contributed by atoms with Gasteiger partial charge in [-0.3, -0.25) is 14.8 Å². The molecule has 0 bridgehead atoms. The van der Waals surface area contributed by atoms with E-state index in [4.69, 9.17) is 0 Å². The molecule has 3 aromatic rings. The molecule has 6 heteroatoms. The van der Waals surface area contributed by atoms with E-state index >= 15 is 0 Å². The van der Waals surface area contributed by atoms with Gasteiger partial charge in [0.25, 0.3) is 5.91 Å². The lowest BCUT2D eigenvalue weighted by atomic mass is 10.1. The summed E-state index contributed by atoms with van der Waals surface area (Å²) < 4.78 is 0. The van der Waals surface area contributed by atoms with Crippen molar-refractivity contribution < 1.29 is 4.79 Å². The van der Waals surface area contributed by atoms with E-state index in [1.807, 2.05) is 31.2 Å². The normalized spacial score (nSPS) is 14.7. The molecule has 6 nitrogen and oxygen atoms in total. The number of rotatable bonds is 5. The molecule has 0 spiro atoms. The number of amides is 1. The molecule has 0 unspecified atom stereocenters. The van der Waals surface area contributed by atoms with Crippen LogP contribution in [0.1, 0.15) is 40.5 Å². The minimum Gasteiger partial charge on any atom is -0.343 e. The highest BCUT2D eigenvalue weighted by molar-refractivity contribution is 5.94. The number of pyridine rings is 2. The first-order valence-corrected chi connectivity index (χ1v) is 8.66. The molecule has 1 amide bonds. The first kappa shape index (κ1) is 16.3. The summed E-state index contributed by atoms with van der Waals surface area (Å²) in [5.74, 6) is 0.847. The van der Waals surface area contributed by atoms with Gasteiger partial charge >= 0.3 is 0 Å². The molecule has 0 radical (unpaired) electrons. The molecule has 4 rings (SSSR count). The average Bonchev–Trinajstić information content (AvgIpc) is 3.52. The molecule has 3 aromatic heterocycles. The largest absolute Gasteiger partial charge is 0.343 e. The zero-order chi connectivity index (χ0) is 17.9. The van der Waals surface area contributed by atoms with Crippen molar-refractivity contribution in [2.45, 2.75) is 25.8 Å². The average molecular weight is 345 g/mol. The van der Waals surface area contributed by atoms with Gasteiger partial charge in [0.05, 0.1) is 17.3 Å². The van der Waals surface area contributed by atoms with Crippen LogP contribution in [0.25, 0.3) is 11.4 Å². The summed E-state index contributed by atoms with van der Waals surface area (Å²) in [6.45, 7) is 2.03. The van der Waals surface area contributed by atoms with Crippen LogP contribution in [-0.2, 0) is 0 Å². The van der Waals surface area contributed by atoms with Crippen molar-refractivity contribution in [2.75, 3.05) is 0 Å². The van der Waals surface area contributed by atoms with Gasteiger partial charge in [-0.15, -0.1) is 0 Å². The Labute approximate surface area is 151 Å². The lowest BCUT2D eigenvalue weighted by Crippen LogP contribution is -2.30. The Bertz CT molecular complexity index is 907. The van der Waals surface area contributed by atoms with Gasteiger partial charge in [-0.2, -0.15) is 0 Å². The van der Waals surface area contributed by atoms with E-state index in [0.717, 1.165) is 29.7 Å². The van der Waals surface area contributed by atoms with Crippen LogP contribution in [0.15, 0.2) is 55.2 Å². The minimum absolute atomic E-state index is 0.0673. The van der Waals surface area contributed by atoms with E-state index in [1.54, 1.807) is 31.0 Å². The fourth-order valence-corrected chi connectivity index (χ4v) is 2.91. The van der Waals surface area contributed by atoms with Crippen LogP contribution in [0.4, 0.5) is 0 Å². The van der Waals surface area contributed by atoms with Crippen molar-refractivity contribution in [1.82, 2.24) is 25.3 Å². The number of hydrogen-bond acceptors (Lipinski definition) is 5. The van der Waals surface area contributed by atoms with Gasteiger partial charge in [0.1, 0.15) is 0 Å². The third-order valence-corrected chi connectivity index (χ3v) is 4.49. The van der Waals surface area contributed by atoms with Gasteiger partial charge in [0.15, 0.2) is 5.82 Å². The summed E-state index contributed by atoms with van der Waals surface area (Å²) in [6, 6.07) is 7.60. The van der Waals surface area contributed by atoms with E-state index < -0.39 is 0 Å². The van der Waals surface area contributed by atoms with Gasteiger partial charge in [-0.05, 0) is 55.5 Å². The van der Waals surface area contributed by atoms with Gasteiger partial charge in [0.2, 0.25) is 0 Å². The molecule has 1 saturated carbocycles. The predicted molar refractivity (Wildman–Crippen MR) is 97.2 cm³/mol. The number of carbonyl (C=O) groups is 1. The quantitative estimate of drug-likeness (QED) is 0.768. The third kappa shape index (κ3) is 3.59. The van der Waals surface area contributed by atoms with Crippen molar-refractivity contribution >= 4 is 5.91 Å². The fourth-order valence-electron chi connectivity index (χ4n) is 2.91. The second-order valence-corrected chi connectivity index (χ2v) is 6.58. The van der Waals surface area contributed by atoms with Crippen molar-refractivity contribution in [3.05, 3.63) is 72.1 Å². The highest BCUT2D eigenvalue weighted by Crippen LogP contribution is 2.40. The summed E-state index contributed by atoms with van der Waals surface area (Å²) >= 11 is 0. The summed E-state index contributed by atoms with van der Waals surface area (Å²) in [5.41, 5.74) is 3.36. The number of aryl methyl sites for hydroxylation is 1. The third-order valence-electron chi connectivity index (χ3n) is 4.49. The first-order chi connectivity index (χ1) is 12.7. The van der Waals surface area contributed by atoms with E-state index in [0.29, 0.717) is 17.3 Å². The maximum atomic E-state index is 12.7. The van der Waals surface area contributed by atoms with Crippen LogP contribution in [0.5, 0.6) is 0 Å². The van der Waals surface area contributed by atoms with Crippen LogP contribution < -0.4 is 5.32 Å². The molecule has 0 aromatic carbocycles. The van der Waals surface area contributed by atoms with E-state index in [2.05, 4.69) is 25.3 Å². The van der Waals surface area contributed by atoms with Crippen molar-refractivity contribution in [3.63, 3.8) is 0 Å². The molecular weight excluding hydrogens is 326 g/mol. The topological polar surface area (TPSA) is 80.7 Å². The molecule has 1 atom stereocenters. The maximum absolute atomic E-state index is 12.7. The molecule has 1 aliphatic carbocycles. The monoisotopic (exact) mass is 345 g/mol. The Morgan fingerprint density at radius 3 is 2.46 bits per heavy atom. The van der Waals surface area contributed by atoms with Crippen LogP contribution in [0.3, 0.4) is 0 Å². The number of carbonyl (C=O) groups excluding carboxylic acids is 1. The zero-order valence-corrected chi connectivity index (χ0v) is 14.5. The summed E-state index contributed by atoms with van der Waals surface area (Å²) in [6.07, 6.45) is 10.5. The number of aromatic nitrogens is 4. The fraction of sp³-hybridized carbons (Fsp3) is 0.250. The van der Waals surface area contributed by atoms with Gasteiger partial charge < -0.3 is 5.32 Å². The summed E-state index contributed by atoms with van der Waals surface area (Å²) in [4.78, 5) is 29.7. The molecule has 130 valence electrons. The minimum atomic E-state index is -0.175. The Balaban J connectivity index is 1.51. The molecular formula is C20H19N5O. The maximum Gasteiger partial charge on any atom is 0.254 e. The Morgan fingerprint density at radius 2 is 1.81 bits per heavy atom. The standard InChI is InChI=1S/C20H19N5O/c1-13-4-9-22-17(10-13)18(14-2-3-14)25-20(26)16-11-23-19(24-12-16)15-5-7-21-8-6-15/h4-12,14,18H,2-3H2,1H3,(H,25,26)/t18-/m1/s1. The van der Waals surface area contributed by atoms with E-state index in [9.17, 15) is 4.79 Å². The Hall–Kier alpha value is -3.15. The smallest absolute Gasteiger partial charge is 0.254 e. The molecule has 26 heavy (non-hydrogen) atoms. The van der Waals surface area contributed by atoms with Crippen molar-refractivity contribution in [1.29, 1.82) is 0 Å². The number of hydrogen-bond donors (Lipinski definition) is 1. The second-order valence-electron chi connectivity index (χ2n) is 6.58. The number of nitrogens with one attached hydrogen (secondary N) is 1. The predicted octanol–water partition coefficient (Wildman–Crippen LogP) is 3.12. The highest BCUT2D eigenvalue weighted by atomic mass is 16.1. The lowest BCUT2D eigenvalue weighted by molar-refractivity contribution is 0.0930. The second kappa shape index (κ2) is 7.00. The highest BCUT2D eigenvalue weighted by Gasteiger charge is 2.34. The summed E-state index contributed by atoms with van der Waals surface area (Å²) in [7, 11) is 0. The lowest BCUT2D eigenvalue weighted by Gasteiger charge is -2.18.